The fourth-order valence-electron chi connectivity index (χ4n) is 3.77. The third-order valence-corrected chi connectivity index (χ3v) is 5.39. The van der Waals surface area contributed by atoms with Gasteiger partial charge < -0.3 is 14.4 Å². The standard InChI is InChI=1S/C17H20F3N5O2/c1-26-16(17(18,19)20)6-8-24(9-7-16)15-21-22-23-25(15)11-13-4-2-3-12-5-10-27-14(12)13/h2-4H,5-11H2,1H3. The number of hydrogen-bond acceptors (Lipinski definition) is 6. The highest BCUT2D eigenvalue weighted by Crippen LogP contribution is 2.41. The summed E-state index contributed by atoms with van der Waals surface area (Å²) in [4.78, 5) is 1.77. The fourth-order valence-corrected chi connectivity index (χ4v) is 3.77. The molecule has 2 aromatic rings. The van der Waals surface area contributed by atoms with E-state index in [0.717, 1.165) is 30.4 Å². The van der Waals surface area contributed by atoms with Gasteiger partial charge in [0.05, 0.1) is 13.2 Å². The molecule has 0 atom stereocenters. The summed E-state index contributed by atoms with van der Waals surface area (Å²) in [5.74, 6) is 1.31. The number of methoxy groups -OCH3 is 1. The van der Waals surface area contributed by atoms with E-state index in [9.17, 15) is 13.2 Å². The Labute approximate surface area is 154 Å². The monoisotopic (exact) mass is 383 g/mol. The maximum Gasteiger partial charge on any atom is 0.417 e. The Hall–Kier alpha value is -2.36. The summed E-state index contributed by atoms with van der Waals surface area (Å²) in [5.41, 5.74) is 0.00261. The van der Waals surface area contributed by atoms with Gasteiger partial charge in [0.2, 0.25) is 5.95 Å². The highest BCUT2D eigenvalue weighted by atomic mass is 19.4. The molecule has 2 aliphatic heterocycles. The van der Waals surface area contributed by atoms with E-state index >= 15 is 0 Å². The molecular formula is C17H20F3N5O2. The van der Waals surface area contributed by atoms with Crippen LogP contribution >= 0.6 is 0 Å². The molecule has 3 heterocycles. The zero-order valence-corrected chi connectivity index (χ0v) is 14.9. The van der Waals surface area contributed by atoms with E-state index in [2.05, 4.69) is 15.5 Å². The summed E-state index contributed by atoms with van der Waals surface area (Å²) in [6.45, 7) is 1.38. The van der Waals surface area contributed by atoms with E-state index in [1.165, 1.54) is 0 Å². The van der Waals surface area contributed by atoms with Crippen LogP contribution in [0.1, 0.15) is 24.0 Å². The van der Waals surface area contributed by atoms with E-state index in [1.807, 2.05) is 18.2 Å². The molecule has 0 N–H and O–H groups in total. The van der Waals surface area contributed by atoms with Crippen molar-refractivity contribution < 1.29 is 22.6 Å². The molecule has 0 spiro atoms. The Morgan fingerprint density at radius 1 is 1.26 bits per heavy atom. The number of piperidine rings is 1. The van der Waals surface area contributed by atoms with Gasteiger partial charge in [-0.05, 0) is 16.0 Å². The Morgan fingerprint density at radius 3 is 2.74 bits per heavy atom. The number of aromatic nitrogens is 4. The number of hydrogen-bond donors (Lipinski definition) is 0. The Bertz CT molecular complexity index is 815. The van der Waals surface area contributed by atoms with Crippen molar-refractivity contribution in [3.63, 3.8) is 0 Å². The van der Waals surface area contributed by atoms with Gasteiger partial charge in [-0.15, -0.1) is 0 Å². The first kappa shape index (κ1) is 18.0. The van der Waals surface area contributed by atoms with Gasteiger partial charge in [-0.25, -0.2) is 4.68 Å². The molecule has 0 saturated carbocycles. The molecule has 1 fully saturated rings. The van der Waals surface area contributed by atoms with Crippen LogP contribution in [-0.2, 0) is 17.7 Å². The van der Waals surface area contributed by atoms with E-state index in [4.69, 9.17) is 9.47 Å². The summed E-state index contributed by atoms with van der Waals surface area (Å²) < 4.78 is 52.2. The van der Waals surface area contributed by atoms with Crippen LogP contribution in [0.4, 0.5) is 19.1 Å². The van der Waals surface area contributed by atoms with Crippen molar-refractivity contribution >= 4 is 5.95 Å². The predicted molar refractivity (Wildman–Crippen MR) is 89.8 cm³/mol. The normalized spacial score (nSPS) is 19.0. The smallest absolute Gasteiger partial charge is 0.417 e. The summed E-state index contributed by atoms with van der Waals surface area (Å²) in [6.07, 6.45) is -3.86. The first-order valence-electron chi connectivity index (χ1n) is 8.80. The summed E-state index contributed by atoms with van der Waals surface area (Å²) in [6, 6.07) is 5.94. The summed E-state index contributed by atoms with van der Waals surface area (Å²) in [5, 5.41) is 11.8. The molecule has 4 rings (SSSR count). The SMILES string of the molecule is COC1(C(F)(F)F)CCN(c2nnnn2Cc2cccc3c2OCC3)CC1. The van der Waals surface area contributed by atoms with E-state index in [0.29, 0.717) is 19.1 Å². The first-order valence-corrected chi connectivity index (χ1v) is 8.80. The molecular weight excluding hydrogens is 363 g/mol. The van der Waals surface area contributed by atoms with Crippen LogP contribution in [0.25, 0.3) is 0 Å². The van der Waals surface area contributed by atoms with E-state index in [1.54, 1.807) is 9.58 Å². The van der Waals surface area contributed by atoms with Crippen molar-refractivity contribution in [2.75, 3.05) is 31.7 Å². The minimum atomic E-state index is -4.40. The summed E-state index contributed by atoms with van der Waals surface area (Å²) >= 11 is 0. The lowest BCUT2D eigenvalue weighted by molar-refractivity contribution is -0.276. The van der Waals surface area contributed by atoms with Crippen LogP contribution in [0.5, 0.6) is 5.75 Å². The van der Waals surface area contributed by atoms with Gasteiger partial charge >= 0.3 is 6.18 Å². The predicted octanol–water partition coefficient (Wildman–Crippen LogP) is 2.20. The fraction of sp³-hybridized carbons (Fsp3) is 0.588. The number of benzene rings is 1. The van der Waals surface area contributed by atoms with Crippen molar-refractivity contribution in [1.82, 2.24) is 20.2 Å². The maximum atomic E-state index is 13.4. The van der Waals surface area contributed by atoms with Crippen LogP contribution in [0.2, 0.25) is 0 Å². The molecule has 0 unspecified atom stereocenters. The van der Waals surface area contributed by atoms with Gasteiger partial charge in [0.15, 0.2) is 5.60 Å². The molecule has 0 bridgehead atoms. The van der Waals surface area contributed by atoms with Crippen molar-refractivity contribution in [3.8, 4) is 5.75 Å². The van der Waals surface area contributed by atoms with Crippen LogP contribution in [-0.4, -0.2) is 58.8 Å². The highest BCUT2D eigenvalue weighted by molar-refractivity contribution is 5.44. The van der Waals surface area contributed by atoms with Crippen molar-refractivity contribution in [3.05, 3.63) is 29.3 Å². The number of nitrogens with zero attached hydrogens (tertiary/aromatic N) is 5. The third-order valence-electron chi connectivity index (χ3n) is 5.39. The van der Waals surface area contributed by atoms with Crippen LogP contribution in [0.3, 0.4) is 0 Å². The number of tetrazole rings is 1. The van der Waals surface area contributed by atoms with Gasteiger partial charge in [-0.3, -0.25) is 0 Å². The lowest BCUT2D eigenvalue weighted by atomic mass is 9.90. The van der Waals surface area contributed by atoms with Gasteiger partial charge in [-0.2, -0.15) is 13.2 Å². The Balaban J connectivity index is 1.52. The third kappa shape index (κ3) is 3.11. The van der Waals surface area contributed by atoms with Crippen LogP contribution < -0.4 is 9.64 Å². The quantitative estimate of drug-likeness (QED) is 0.807. The minimum Gasteiger partial charge on any atom is -0.493 e. The molecule has 10 heteroatoms. The second-order valence-electron chi connectivity index (χ2n) is 6.82. The summed E-state index contributed by atoms with van der Waals surface area (Å²) in [7, 11) is 1.11. The average molecular weight is 383 g/mol. The van der Waals surface area contributed by atoms with E-state index in [-0.39, 0.29) is 25.9 Å². The molecule has 0 aliphatic carbocycles. The zero-order valence-electron chi connectivity index (χ0n) is 14.9. The highest BCUT2D eigenvalue weighted by Gasteiger charge is 2.56. The average Bonchev–Trinajstić information content (AvgIpc) is 3.30. The molecule has 27 heavy (non-hydrogen) atoms. The Kier molecular flexibility index (Phi) is 4.45. The first-order chi connectivity index (χ1) is 12.9. The molecule has 1 aromatic carbocycles. The number of anilines is 1. The number of para-hydroxylation sites is 1. The number of halogens is 3. The Morgan fingerprint density at radius 2 is 2.04 bits per heavy atom. The second kappa shape index (κ2) is 6.66. The number of ether oxygens (including phenoxy) is 2. The van der Waals surface area contributed by atoms with Gasteiger partial charge in [0, 0.05) is 45.0 Å². The molecule has 2 aliphatic rings. The topological polar surface area (TPSA) is 65.3 Å². The lowest BCUT2D eigenvalue weighted by Gasteiger charge is -2.41. The molecule has 7 nitrogen and oxygen atoms in total. The number of alkyl halides is 3. The zero-order chi connectivity index (χ0) is 19.1. The lowest BCUT2D eigenvalue weighted by Crippen LogP contribution is -2.55. The molecule has 1 saturated heterocycles. The van der Waals surface area contributed by atoms with Gasteiger partial charge in [0.25, 0.3) is 0 Å². The van der Waals surface area contributed by atoms with Gasteiger partial charge in [0.1, 0.15) is 5.75 Å². The number of fused-ring (bicyclic) bond motifs is 1. The van der Waals surface area contributed by atoms with Crippen LogP contribution in [0, 0.1) is 0 Å². The number of rotatable bonds is 4. The molecule has 1 aromatic heterocycles. The molecule has 0 radical (unpaired) electrons. The van der Waals surface area contributed by atoms with Crippen molar-refractivity contribution in [1.29, 1.82) is 0 Å². The van der Waals surface area contributed by atoms with Crippen molar-refractivity contribution in [2.24, 2.45) is 0 Å². The minimum absolute atomic E-state index is 0.163. The largest absolute Gasteiger partial charge is 0.493 e. The van der Waals surface area contributed by atoms with Crippen LogP contribution in [0.15, 0.2) is 18.2 Å². The van der Waals surface area contributed by atoms with Gasteiger partial charge in [-0.1, -0.05) is 23.3 Å². The molecule has 146 valence electrons. The second-order valence-corrected chi connectivity index (χ2v) is 6.82. The van der Waals surface area contributed by atoms with Crippen molar-refractivity contribution in [2.45, 2.75) is 37.6 Å². The van der Waals surface area contributed by atoms with E-state index < -0.39 is 11.8 Å². The molecule has 0 amide bonds. The maximum absolute atomic E-state index is 13.4.